The maximum atomic E-state index is 12.5. The van der Waals surface area contributed by atoms with Crippen molar-refractivity contribution in [1.82, 2.24) is 0 Å². The van der Waals surface area contributed by atoms with Crippen LogP contribution >= 0.6 is 8.58 Å². The predicted octanol–water partition coefficient (Wildman–Crippen LogP) is 18.5. The van der Waals surface area contributed by atoms with Gasteiger partial charge in [0.05, 0.1) is 5.66 Å². The first-order valence-electron chi connectivity index (χ1n) is 23.1. The Balaban J connectivity index is 0. The van der Waals surface area contributed by atoms with Crippen molar-refractivity contribution in [2.24, 2.45) is 34.0 Å². The number of rotatable bonds is 13. The van der Waals surface area contributed by atoms with E-state index in [0.29, 0.717) is 22.5 Å². The zero-order valence-electron chi connectivity index (χ0n) is 41.7. The Kier molecular flexibility index (Phi) is 28.6. The SMILES string of the molecule is C=CC(=C)C(=C)CCC.CC(C)C(=O)C1=CC2PC(C3CCC(C)(C)CC3)=CC(C(C)(C)C)=C2O1.CCC/C(C)=C(/C)C(C)CC.CCCC.CCCC(C)(C)C. The standard InChI is InChI=1S/C23H35O2P.C11H22.C9H14.C7H16.C4H10/c1-14(2)20(24)17-13-19-21(25-17)16(22(3,4)5)12-18(26-19)15-8-10-23(6,7)11-9-15;1-6-8-10(4)11(5)9(3)7-2;1-5-7-9(4)8(3)6-2;1-5-6-7(2,3)4;1-3-4-2/h12-15,19,26H,8-11H2,1-7H3;9H,6-8H2,1-5H3;6H,2-5,7H2,1H3;5-6H2,1-4H3;3-4H2,1-2H3/b;11-10-;;;. The number of unbranched alkanes of at least 4 members (excludes halogenated alkanes) is 1. The van der Waals surface area contributed by atoms with Gasteiger partial charge < -0.3 is 4.74 Å². The lowest BCUT2D eigenvalue weighted by molar-refractivity contribution is -0.120. The van der Waals surface area contributed by atoms with Crippen LogP contribution in [0, 0.1) is 34.0 Å². The number of ether oxygens (including phenoxy) is 1. The zero-order chi connectivity index (χ0) is 44.7. The number of allylic oxidation sites excluding steroid dienone is 10. The molecule has 1 fully saturated rings. The molecule has 0 aromatic carbocycles. The summed E-state index contributed by atoms with van der Waals surface area (Å²) in [7, 11) is 0.727. The van der Waals surface area contributed by atoms with Crippen molar-refractivity contribution in [2.45, 2.75) is 221 Å². The quantitative estimate of drug-likeness (QED) is 0.105. The molecule has 3 atom stereocenters. The first-order chi connectivity index (χ1) is 26.3. The van der Waals surface area contributed by atoms with Crippen molar-refractivity contribution in [3.8, 4) is 0 Å². The average molecular weight is 809 g/mol. The smallest absolute Gasteiger partial charge is 0.200 e. The molecule has 0 radical (unpaired) electrons. The molecule has 2 aliphatic heterocycles. The van der Waals surface area contributed by atoms with Crippen LogP contribution in [0.15, 0.2) is 82.7 Å². The highest BCUT2D eigenvalue weighted by atomic mass is 31.1. The maximum Gasteiger partial charge on any atom is 0.200 e. The number of carbonyl (C=O) groups is 1. The van der Waals surface area contributed by atoms with Crippen molar-refractivity contribution in [2.75, 3.05) is 0 Å². The molecule has 0 aromatic heterocycles. The van der Waals surface area contributed by atoms with Gasteiger partial charge in [0.1, 0.15) is 5.76 Å². The molecule has 330 valence electrons. The topological polar surface area (TPSA) is 26.3 Å². The molecule has 3 aliphatic rings. The van der Waals surface area contributed by atoms with Crippen LogP contribution < -0.4 is 0 Å². The lowest BCUT2D eigenvalue weighted by Gasteiger charge is -2.38. The molecule has 1 aliphatic carbocycles. The molecular formula is C54H97O2P. The molecule has 57 heavy (non-hydrogen) atoms. The summed E-state index contributed by atoms with van der Waals surface area (Å²) in [5.74, 6) is 3.22. The summed E-state index contributed by atoms with van der Waals surface area (Å²) in [6.45, 7) is 53.6. The molecule has 2 nitrogen and oxygen atoms in total. The number of ketones is 1. The van der Waals surface area contributed by atoms with E-state index in [0.717, 1.165) is 44.2 Å². The van der Waals surface area contributed by atoms with Crippen LogP contribution in [0.5, 0.6) is 0 Å². The Hall–Kier alpha value is -1.92. The Morgan fingerprint density at radius 1 is 0.877 bits per heavy atom. The molecule has 0 spiro atoms. The van der Waals surface area contributed by atoms with Gasteiger partial charge >= 0.3 is 0 Å². The number of fused-ring (bicyclic) bond motifs is 1. The van der Waals surface area contributed by atoms with E-state index in [2.05, 4.69) is 150 Å². The first-order valence-corrected chi connectivity index (χ1v) is 24.2. The van der Waals surface area contributed by atoms with Gasteiger partial charge in [0.2, 0.25) is 0 Å². The highest BCUT2D eigenvalue weighted by Gasteiger charge is 2.39. The van der Waals surface area contributed by atoms with Crippen molar-refractivity contribution >= 4 is 14.4 Å². The van der Waals surface area contributed by atoms with Gasteiger partial charge in [-0.3, -0.25) is 4.79 Å². The van der Waals surface area contributed by atoms with Gasteiger partial charge in [-0.1, -0.05) is 201 Å². The Bertz CT molecular complexity index is 1330. The molecule has 0 aromatic rings. The van der Waals surface area contributed by atoms with E-state index in [4.69, 9.17) is 4.74 Å². The van der Waals surface area contributed by atoms with Gasteiger partial charge in [0, 0.05) is 5.92 Å². The Morgan fingerprint density at radius 2 is 1.40 bits per heavy atom. The molecular weight excluding hydrogens is 712 g/mol. The normalized spacial score (nSPS) is 18.9. The van der Waals surface area contributed by atoms with E-state index in [1.165, 1.54) is 76.2 Å². The van der Waals surface area contributed by atoms with E-state index in [-0.39, 0.29) is 22.8 Å². The molecule has 0 saturated heterocycles. The Morgan fingerprint density at radius 3 is 1.77 bits per heavy atom. The minimum atomic E-state index is -0.0172. The van der Waals surface area contributed by atoms with E-state index < -0.39 is 0 Å². The minimum Gasteiger partial charge on any atom is -0.457 e. The van der Waals surface area contributed by atoms with E-state index in [1.54, 1.807) is 22.5 Å². The number of hydrogen-bond donors (Lipinski definition) is 0. The molecule has 0 N–H and O–H groups in total. The minimum absolute atomic E-state index is 0.0172. The fourth-order valence-electron chi connectivity index (χ4n) is 6.83. The van der Waals surface area contributed by atoms with Crippen molar-refractivity contribution in [3.05, 3.63) is 82.7 Å². The van der Waals surface area contributed by atoms with E-state index in [9.17, 15) is 4.79 Å². The largest absolute Gasteiger partial charge is 0.457 e. The maximum absolute atomic E-state index is 12.5. The average Bonchev–Trinajstić information content (AvgIpc) is 3.57. The summed E-state index contributed by atoms with van der Waals surface area (Å²) in [6, 6.07) is 0. The third-order valence-corrected chi connectivity index (χ3v) is 13.1. The van der Waals surface area contributed by atoms with Gasteiger partial charge in [-0.25, -0.2) is 0 Å². The number of hydrogen-bond acceptors (Lipinski definition) is 2. The van der Waals surface area contributed by atoms with Gasteiger partial charge in [0.25, 0.3) is 0 Å². The first kappa shape index (κ1) is 57.2. The summed E-state index contributed by atoms with van der Waals surface area (Å²) in [6.07, 6.45) is 22.8. The lowest BCUT2D eigenvalue weighted by atomic mass is 9.72. The number of carbonyl (C=O) groups excluding carboxylic acids is 1. The summed E-state index contributed by atoms with van der Waals surface area (Å²) < 4.78 is 6.15. The lowest BCUT2D eigenvalue weighted by Crippen LogP contribution is -2.24. The molecule has 3 heteroatoms. The van der Waals surface area contributed by atoms with Crippen LogP contribution in [0.4, 0.5) is 0 Å². The second-order valence-corrected chi connectivity index (χ2v) is 21.7. The van der Waals surface area contributed by atoms with Gasteiger partial charge in [-0.2, -0.15) is 0 Å². The van der Waals surface area contributed by atoms with Gasteiger partial charge in [-0.15, -0.1) is 0 Å². The summed E-state index contributed by atoms with van der Waals surface area (Å²) in [5, 5.41) is 1.61. The van der Waals surface area contributed by atoms with Crippen molar-refractivity contribution < 1.29 is 9.53 Å². The molecule has 1 saturated carbocycles. The Labute approximate surface area is 359 Å². The zero-order valence-corrected chi connectivity index (χ0v) is 42.7. The van der Waals surface area contributed by atoms with Crippen LogP contribution in [-0.2, 0) is 9.53 Å². The van der Waals surface area contributed by atoms with Crippen molar-refractivity contribution in [3.63, 3.8) is 0 Å². The van der Waals surface area contributed by atoms with Gasteiger partial charge in [0.15, 0.2) is 11.5 Å². The molecule has 0 amide bonds. The molecule has 2 heterocycles. The molecule has 3 unspecified atom stereocenters. The predicted molar refractivity (Wildman–Crippen MR) is 262 cm³/mol. The van der Waals surface area contributed by atoms with Crippen LogP contribution in [0.3, 0.4) is 0 Å². The van der Waals surface area contributed by atoms with Crippen LogP contribution in [0.2, 0.25) is 0 Å². The summed E-state index contributed by atoms with van der Waals surface area (Å²) in [5.41, 5.74) is 7.92. The fraction of sp³-hybridized carbons (Fsp3) is 0.722. The second kappa shape index (κ2) is 28.5. The van der Waals surface area contributed by atoms with Crippen LogP contribution in [-0.4, -0.2) is 11.4 Å². The van der Waals surface area contributed by atoms with E-state index in [1.807, 2.05) is 13.8 Å². The molecule has 3 rings (SSSR count). The second-order valence-electron chi connectivity index (χ2n) is 20.3. The number of Topliss-reactive ketones (excluding diaryl/α,β-unsaturated/α-hetero) is 1. The van der Waals surface area contributed by atoms with E-state index >= 15 is 0 Å². The summed E-state index contributed by atoms with van der Waals surface area (Å²) in [4.78, 5) is 12.5. The highest BCUT2D eigenvalue weighted by molar-refractivity contribution is 7.44. The fourth-order valence-corrected chi connectivity index (χ4v) is 8.52. The monoisotopic (exact) mass is 809 g/mol. The van der Waals surface area contributed by atoms with Gasteiger partial charge in [-0.05, 0) is 121 Å². The van der Waals surface area contributed by atoms with Crippen molar-refractivity contribution in [1.29, 1.82) is 0 Å². The highest BCUT2D eigenvalue weighted by Crippen LogP contribution is 2.55. The third-order valence-electron chi connectivity index (χ3n) is 11.5. The third kappa shape index (κ3) is 23.5. The summed E-state index contributed by atoms with van der Waals surface area (Å²) >= 11 is 0. The molecule has 0 bridgehead atoms. The van der Waals surface area contributed by atoms with Crippen LogP contribution in [0.25, 0.3) is 0 Å². The van der Waals surface area contributed by atoms with Crippen LogP contribution in [0.1, 0.15) is 215 Å².